The molecule has 0 bridgehead atoms. The maximum absolute atomic E-state index is 14.5. The van der Waals surface area contributed by atoms with Crippen LogP contribution in [-0.2, 0) is 11.2 Å². The van der Waals surface area contributed by atoms with Gasteiger partial charge in [0.25, 0.3) is 11.8 Å². The molecule has 1 saturated heterocycles. The minimum absolute atomic E-state index is 0.0695. The largest absolute Gasteiger partial charge is 0.306 e. The van der Waals surface area contributed by atoms with Gasteiger partial charge < -0.3 is 9.80 Å². The summed E-state index contributed by atoms with van der Waals surface area (Å²) in [6.07, 6.45) is 1.72. The summed E-state index contributed by atoms with van der Waals surface area (Å²) in [5, 5.41) is 2.36. The number of carbonyl (C=O) groups excluding carboxylic acids is 3. The number of piperidine rings is 1. The molecule has 6 nitrogen and oxygen atoms in total. The first-order chi connectivity index (χ1) is 15.4. The van der Waals surface area contributed by atoms with Crippen LogP contribution in [0, 0.1) is 11.7 Å². The van der Waals surface area contributed by atoms with E-state index in [1.54, 1.807) is 36.1 Å². The molecule has 168 valence electrons. The van der Waals surface area contributed by atoms with Crippen molar-refractivity contribution < 1.29 is 18.8 Å². The van der Waals surface area contributed by atoms with Crippen LogP contribution < -0.4 is 10.2 Å². The number of hydrogen-bond donors (Lipinski definition) is 1. The number of para-hydroxylation sites is 1. The van der Waals surface area contributed by atoms with Crippen LogP contribution >= 0.6 is 0 Å². The Morgan fingerprint density at radius 1 is 1.16 bits per heavy atom. The van der Waals surface area contributed by atoms with Gasteiger partial charge in [0.2, 0.25) is 5.91 Å². The third-order valence-corrected chi connectivity index (χ3v) is 6.51. The predicted octanol–water partition coefficient (Wildman–Crippen LogP) is 3.41. The van der Waals surface area contributed by atoms with Crippen molar-refractivity contribution in [1.82, 2.24) is 10.2 Å². The molecular weight excluding hydrogens is 409 g/mol. The first-order valence-corrected chi connectivity index (χ1v) is 11.2. The maximum Gasteiger partial charge on any atom is 0.259 e. The second-order valence-electron chi connectivity index (χ2n) is 8.58. The van der Waals surface area contributed by atoms with Crippen LogP contribution in [0.5, 0.6) is 0 Å². The van der Waals surface area contributed by atoms with Gasteiger partial charge in [-0.2, -0.15) is 0 Å². The zero-order chi connectivity index (χ0) is 22.8. The van der Waals surface area contributed by atoms with Crippen molar-refractivity contribution in [2.75, 3.05) is 24.5 Å². The monoisotopic (exact) mass is 437 g/mol. The highest BCUT2D eigenvalue weighted by atomic mass is 19.1. The Kier molecular flexibility index (Phi) is 6.37. The SMILES string of the molecule is CCC(=O)N(c1ccccc1F)C1CCN(CCc2cccc3c2C(=O)NC3=O)CC1C. The van der Waals surface area contributed by atoms with Crippen LogP contribution in [0.15, 0.2) is 42.5 Å². The van der Waals surface area contributed by atoms with Crippen LogP contribution in [0.25, 0.3) is 0 Å². The van der Waals surface area contributed by atoms with Gasteiger partial charge in [-0.05, 0) is 42.5 Å². The molecule has 1 fully saturated rings. The summed E-state index contributed by atoms with van der Waals surface area (Å²) in [4.78, 5) is 40.8. The molecule has 0 saturated carbocycles. The van der Waals surface area contributed by atoms with E-state index < -0.39 is 0 Å². The molecule has 0 aromatic heterocycles. The molecule has 32 heavy (non-hydrogen) atoms. The molecule has 0 spiro atoms. The van der Waals surface area contributed by atoms with Gasteiger partial charge in [0, 0.05) is 32.1 Å². The number of carbonyl (C=O) groups is 3. The highest BCUT2D eigenvalue weighted by Gasteiger charge is 2.35. The van der Waals surface area contributed by atoms with E-state index in [1.807, 2.05) is 12.1 Å². The zero-order valence-electron chi connectivity index (χ0n) is 18.4. The highest BCUT2D eigenvalue weighted by molar-refractivity contribution is 6.22. The van der Waals surface area contributed by atoms with Gasteiger partial charge in [0.15, 0.2) is 0 Å². The Morgan fingerprint density at radius 3 is 2.66 bits per heavy atom. The fourth-order valence-electron chi connectivity index (χ4n) is 4.90. The van der Waals surface area contributed by atoms with Gasteiger partial charge in [-0.25, -0.2) is 4.39 Å². The van der Waals surface area contributed by atoms with E-state index in [4.69, 9.17) is 0 Å². The van der Waals surface area contributed by atoms with E-state index in [0.29, 0.717) is 29.7 Å². The normalized spacial score (nSPS) is 20.7. The molecule has 4 rings (SSSR count). The summed E-state index contributed by atoms with van der Waals surface area (Å²) in [6, 6.07) is 11.8. The zero-order valence-corrected chi connectivity index (χ0v) is 18.4. The van der Waals surface area contributed by atoms with Crippen molar-refractivity contribution in [2.45, 2.75) is 39.2 Å². The number of hydrogen-bond acceptors (Lipinski definition) is 4. The smallest absolute Gasteiger partial charge is 0.259 e. The number of nitrogens with one attached hydrogen (secondary N) is 1. The molecule has 2 unspecified atom stereocenters. The molecule has 2 aliphatic rings. The molecule has 7 heteroatoms. The minimum atomic E-state index is -0.380. The van der Waals surface area contributed by atoms with Gasteiger partial charge in [-0.15, -0.1) is 0 Å². The third kappa shape index (κ3) is 4.17. The molecule has 0 aliphatic carbocycles. The molecule has 0 radical (unpaired) electrons. The number of rotatable bonds is 6. The number of benzene rings is 2. The highest BCUT2D eigenvalue weighted by Crippen LogP contribution is 2.30. The van der Waals surface area contributed by atoms with Crippen molar-refractivity contribution in [3.8, 4) is 0 Å². The standard InChI is InChI=1S/C25H28FN3O3/c1-3-22(30)29(21-10-5-4-9-19(21)26)20-12-14-28(15-16(20)2)13-11-17-7-6-8-18-23(17)25(32)27-24(18)31/h4-10,16,20H,3,11-15H2,1-2H3,(H,27,31,32). The van der Waals surface area contributed by atoms with Crippen LogP contribution in [0.1, 0.15) is 53.0 Å². The lowest BCUT2D eigenvalue weighted by atomic mass is 9.91. The molecule has 2 aliphatic heterocycles. The Hall–Kier alpha value is -3.06. The average molecular weight is 438 g/mol. The fourth-order valence-corrected chi connectivity index (χ4v) is 4.90. The summed E-state index contributed by atoms with van der Waals surface area (Å²) < 4.78 is 14.5. The van der Waals surface area contributed by atoms with E-state index in [1.165, 1.54) is 6.07 Å². The van der Waals surface area contributed by atoms with Crippen LogP contribution in [0.3, 0.4) is 0 Å². The van der Waals surface area contributed by atoms with E-state index in [2.05, 4.69) is 17.1 Å². The summed E-state index contributed by atoms with van der Waals surface area (Å²) in [5.41, 5.74) is 2.15. The van der Waals surface area contributed by atoms with E-state index in [9.17, 15) is 18.8 Å². The van der Waals surface area contributed by atoms with Gasteiger partial charge >= 0.3 is 0 Å². The first-order valence-electron chi connectivity index (χ1n) is 11.2. The quantitative estimate of drug-likeness (QED) is 0.704. The van der Waals surface area contributed by atoms with Gasteiger partial charge in [-0.3, -0.25) is 19.7 Å². The summed E-state index contributed by atoms with van der Waals surface area (Å²) >= 11 is 0. The second-order valence-corrected chi connectivity index (χ2v) is 8.58. The maximum atomic E-state index is 14.5. The third-order valence-electron chi connectivity index (χ3n) is 6.51. The summed E-state index contributed by atoms with van der Waals surface area (Å²) in [7, 11) is 0. The number of imide groups is 1. The number of fused-ring (bicyclic) bond motifs is 1. The van der Waals surface area contributed by atoms with Crippen molar-refractivity contribution >= 4 is 23.4 Å². The molecule has 2 heterocycles. The average Bonchev–Trinajstić information content (AvgIpc) is 3.09. The molecule has 2 aromatic carbocycles. The molecule has 1 N–H and O–H groups in total. The summed E-state index contributed by atoms with van der Waals surface area (Å²) in [6.45, 7) is 6.19. The first kappa shape index (κ1) is 22.1. The Bertz CT molecular complexity index is 1050. The lowest BCUT2D eigenvalue weighted by molar-refractivity contribution is -0.119. The fraction of sp³-hybridized carbons (Fsp3) is 0.400. The van der Waals surface area contributed by atoms with Crippen LogP contribution in [0.2, 0.25) is 0 Å². The van der Waals surface area contributed by atoms with Crippen molar-refractivity contribution in [2.24, 2.45) is 5.92 Å². The Morgan fingerprint density at radius 2 is 1.94 bits per heavy atom. The second kappa shape index (κ2) is 9.20. The molecule has 2 atom stereocenters. The van der Waals surface area contributed by atoms with Crippen molar-refractivity contribution in [3.63, 3.8) is 0 Å². The van der Waals surface area contributed by atoms with Crippen LogP contribution in [-0.4, -0.2) is 48.3 Å². The lowest BCUT2D eigenvalue weighted by Crippen LogP contribution is -2.52. The van der Waals surface area contributed by atoms with Gasteiger partial charge in [0.05, 0.1) is 16.8 Å². The number of nitrogens with zero attached hydrogens (tertiary/aromatic N) is 2. The molecule has 2 aromatic rings. The molecule has 3 amide bonds. The van der Waals surface area contributed by atoms with E-state index in [0.717, 1.165) is 31.6 Å². The predicted molar refractivity (Wildman–Crippen MR) is 120 cm³/mol. The number of halogens is 1. The minimum Gasteiger partial charge on any atom is -0.306 e. The van der Waals surface area contributed by atoms with Gasteiger partial charge in [-0.1, -0.05) is 38.1 Å². The van der Waals surface area contributed by atoms with Crippen LogP contribution in [0.4, 0.5) is 10.1 Å². The topological polar surface area (TPSA) is 69.7 Å². The van der Waals surface area contributed by atoms with Crippen molar-refractivity contribution in [3.05, 3.63) is 65.0 Å². The van der Waals surface area contributed by atoms with Gasteiger partial charge in [0.1, 0.15) is 5.82 Å². The lowest BCUT2D eigenvalue weighted by Gasteiger charge is -2.43. The molecular formula is C25H28FN3O3. The number of likely N-dealkylation sites (tertiary alicyclic amines) is 1. The number of amides is 3. The van der Waals surface area contributed by atoms with E-state index in [-0.39, 0.29) is 35.5 Å². The Balaban J connectivity index is 1.45. The Labute approximate surface area is 187 Å². The summed E-state index contributed by atoms with van der Waals surface area (Å²) in [5.74, 6) is -0.961. The van der Waals surface area contributed by atoms with Crippen molar-refractivity contribution in [1.29, 1.82) is 0 Å². The number of anilines is 1. The van der Waals surface area contributed by atoms with E-state index >= 15 is 0 Å².